The standard InChI is InChI=1S/C19H21N3O5S/c1-13-7-5-6-8-15(13)19-20-18(27-21-19)12-22(2)28(23,24)14-9-10-16(25-3)17(11-14)26-4/h5-11H,12H2,1-4H3. The monoisotopic (exact) mass is 403 g/mol. The Labute approximate surface area is 163 Å². The molecule has 0 saturated heterocycles. The predicted molar refractivity (Wildman–Crippen MR) is 103 cm³/mol. The van der Waals surface area contributed by atoms with Crippen molar-refractivity contribution in [3.05, 3.63) is 53.9 Å². The van der Waals surface area contributed by atoms with E-state index in [-0.39, 0.29) is 17.3 Å². The largest absolute Gasteiger partial charge is 0.493 e. The van der Waals surface area contributed by atoms with Gasteiger partial charge in [0.25, 0.3) is 0 Å². The van der Waals surface area contributed by atoms with Gasteiger partial charge in [-0.05, 0) is 24.6 Å². The van der Waals surface area contributed by atoms with E-state index in [1.807, 2.05) is 31.2 Å². The smallest absolute Gasteiger partial charge is 0.243 e. The Kier molecular flexibility index (Phi) is 5.66. The Hall–Kier alpha value is -2.91. The zero-order valence-corrected chi connectivity index (χ0v) is 16.9. The van der Waals surface area contributed by atoms with Crippen molar-refractivity contribution in [1.29, 1.82) is 0 Å². The summed E-state index contributed by atoms with van der Waals surface area (Å²) in [5, 5.41) is 3.96. The molecule has 0 fully saturated rings. The van der Waals surface area contributed by atoms with Crippen molar-refractivity contribution in [2.45, 2.75) is 18.4 Å². The number of ether oxygens (including phenoxy) is 2. The highest BCUT2D eigenvalue weighted by molar-refractivity contribution is 7.89. The predicted octanol–water partition coefficient (Wildman–Crippen LogP) is 2.88. The molecule has 8 nitrogen and oxygen atoms in total. The van der Waals surface area contributed by atoms with E-state index in [4.69, 9.17) is 14.0 Å². The number of sulfonamides is 1. The van der Waals surface area contributed by atoms with Crippen LogP contribution in [0.2, 0.25) is 0 Å². The summed E-state index contributed by atoms with van der Waals surface area (Å²) in [7, 11) is 0.594. The van der Waals surface area contributed by atoms with E-state index in [1.54, 1.807) is 6.07 Å². The minimum Gasteiger partial charge on any atom is -0.493 e. The van der Waals surface area contributed by atoms with Gasteiger partial charge in [-0.25, -0.2) is 8.42 Å². The van der Waals surface area contributed by atoms with Gasteiger partial charge in [-0.15, -0.1) is 0 Å². The third-order valence-electron chi connectivity index (χ3n) is 4.28. The van der Waals surface area contributed by atoms with Crippen molar-refractivity contribution < 1.29 is 22.4 Å². The van der Waals surface area contributed by atoms with Gasteiger partial charge in [0.1, 0.15) is 0 Å². The topological polar surface area (TPSA) is 94.8 Å². The van der Waals surface area contributed by atoms with E-state index in [2.05, 4.69) is 10.1 Å². The summed E-state index contributed by atoms with van der Waals surface area (Å²) >= 11 is 0. The molecule has 1 heterocycles. The van der Waals surface area contributed by atoms with Gasteiger partial charge in [-0.1, -0.05) is 29.4 Å². The lowest BCUT2D eigenvalue weighted by molar-refractivity contribution is 0.336. The molecule has 3 rings (SSSR count). The summed E-state index contributed by atoms with van der Waals surface area (Å²) < 4.78 is 42.5. The van der Waals surface area contributed by atoms with Crippen LogP contribution in [-0.2, 0) is 16.6 Å². The summed E-state index contributed by atoms with van der Waals surface area (Å²) in [6.45, 7) is 1.88. The number of aromatic nitrogens is 2. The van der Waals surface area contributed by atoms with Gasteiger partial charge in [0.2, 0.25) is 21.7 Å². The molecule has 0 radical (unpaired) electrons. The van der Waals surface area contributed by atoms with Crippen LogP contribution < -0.4 is 9.47 Å². The van der Waals surface area contributed by atoms with Crippen molar-refractivity contribution in [2.24, 2.45) is 0 Å². The van der Waals surface area contributed by atoms with Crippen LogP contribution in [-0.4, -0.2) is 44.1 Å². The van der Waals surface area contributed by atoms with Gasteiger partial charge >= 0.3 is 0 Å². The molecule has 0 N–H and O–H groups in total. The van der Waals surface area contributed by atoms with Crippen molar-refractivity contribution in [3.8, 4) is 22.9 Å². The average Bonchev–Trinajstić information content (AvgIpc) is 3.15. The van der Waals surface area contributed by atoms with Gasteiger partial charge in [0.15, 0.2) is 11.5 Å². The second-order valence-electron chi connectivity index (χ2n) is 6.10. The molecule has 148 valence electrons. The molecule has 2 aromatic carbocycles. The highest BCUT2D eigenvalue weighted by atomic mass is 32.2. The van der Waals surface area contributed by atoms with Gasteiger partial charge in [-0.3, -0.25) is 0 Å². The van der Waals surface area contributed by atoms with E-state index in [0.717, 1.165) is 15.4 Å². The third kappa shape index (κ3) is 3.85. The maximum Gasteiger partial charge on any atom is 0.243 e. The summed E-state index contributed by atoms with van der Waals surface area (Å²) in [4.78, 5) is 4.40. The lowest BCUT2D eigenvalue weighted by Crippen LogP contribution is -2.26. The molecule has 0 unspecified atom stereocenters. The molecule has 0 spiro atoms. The average molecular weight is 403 g/mol. The van der Waals surface area contributed by atoms with E-state index < -0.39 is 10.0 Å². The van der Waals surface area contributed by atoms with Crippen LogP contribution in [0.5, 0.6) is 11.5 Å². The first-order chi connectivity index (χ1) is 13.4. The molecule has 0 aliphatic carbocycles. The van der Waals surface area contributed by atoms with Crippen molar-refractivity contribution in [1.82, 2.24) is 14.4 Å². The highest BCUT2D eigenvalue weighted by Gasteiger charge is 2.25. The van der Waals surface area contributed by atoms with E-state index in [0.29, 0.717) is 17.3 Å². The van der Waals surface area contributed by atoms with Crippen LogP contribution in [0.25, 0.3) is 11.4 Å². The zero-order valence-electron chi connectivity index (χ0n) is 16.0. The molecule has 0 aliphatic rings. The van der Waals surface area contributed by atoms with Crippen LogP contribution in [0.3, 0.4) is 0 Å². The molecule has 9 heteroatoms. The second-order valence-corrected chi connectivity index (χ2v) is 8.15. The second kappa shape index (κ2) is 7.99. The minimum absolute atomic E-state index is 0.0600. The molecular formula is C19H21N3O5S. The van der Waals surface area contributed by atoms with Crippen molar-refractivity contribution in [3.63, 3.8) is 0 Å². The molecular weight excluding hydrogens is 382 g/mol. The van der Waals surface area contributed by atoms with Crippen LogP contribution in [0.4, 0.5) is 0 Å². The first-order valence-corrected chi connectivity index (χ1v) is 9.87. The van der Waals surface area contributed by atoms with Gasteiger partial charge in [0, 0.05) is 18.7 Å². The number of rotatable bonds is 7. The van der Waals surface area contributed by atoms with Crippen molar-refractivity contribution in [2.75, 3.05) is 21.3 Å². The molecule has 0 amide bonds. The highest BCUT2D eigenvalue weighted by Crippen LogP contribution is 2.30. The molecule has 0 atom stereocenters. The van der Waals surface area contributed by atoms with Gasteiger partial charge < -0.3 is 14.0 Å². The molecule has 28 heavy (non-hydrogen) atoms. The number of hydrogen-bond donors (Lipinski definition) is 0. The van der Waals surface area contributed by atoms with Crippen LogP contribution in [0.15, 0.2) is 51.9 Å². The van der Waals surface area contributed by atoms with Gasteiger partial charge in [-0.2, -0.15) is 9.29 Å². The normalized spacial score (nSPS) is 11.6. The van der Waals surface area contributed by atoms with E-state index in [9.17, 15) is 8.42 Å². The fourth-order valence-electron chi connectivity index (χ4n) is 2.68. The minimum atomic E-state index is -3.79. The lowest BCUT2D eigenvalue weighted by Gasteiger charge is -2.16. The maximum absolute atomic E-state index is 12.9. The summed E-state index contributed by atoms with van der Waals surface area (Å²) in [6.07, 6.45) is 0. The zero-order chi connectivity index (χ0) is 20.3. The number of nitrogens with zero attached hydrogens (tertiary/aromatic N) is 3. The Morgan fingerprint density at radius 2 is 1.79 bits per heavy atom. The van der Waals surface area contributed by atoms with Crippen LogP contribution >= 0.6 is 0 Å². The SMILES string of the molecule is COc1ccc(S(=O)(=O)N(C)Cc2nc(-c3ccccc3C)no2)cc1OC. The number of benzene rings is 2. The maximum atomic E-state index is 12.9. The molecule has 0 saturated carbocycles. The Bertz CT molecular complexity index is 1080. The van der Waals surface area contributed by atoms with Crippen LogP contribution in [0, 0.1) is 6.92 Å². The number of hydrogen-bond acceptors (Lipinski definition) is 7. The lowest BCUT2D eigenvalue weighted by atomic mass is 10.1. The Morgan fingerprint density at radius 3 is 2.46 bits per heavy atom. The summed E-state index contributed by atoms with van der Waals surface area (Å²) in [5.41, 5.74) is 1.84. The van der Waals surface area contributed by atoms with Crippen LogP contribution in [0.1, 0.15) is 11.5 Å². The molecule has 1 aromatic heterocycles. The molecule has 0 aliphatic heterocycles. The fraction of sp³-hybridized carbons (Fsp3) is 0.263. The molecule has 3 aromatic rings. The molecule has 0 bridgehead atoms. The summed E-state index contributed by atoms with van der Waals surface area (Å²) in [5.74, 6) is 1.40. The quantitative estimate of drug-likeness (QED) is 0.599. The first kappa shape index (κ1) is 19.8. The first-order valence-electron chi connectivity index (χ1n) is 8.43. The summed E-state index contributed by atoms with van der Waals surface area (Å²) in [6, 6.07) is 12.0. The van der Waals surface area contributed by atoms with E-state index in [1.165, 1.54) is 33.4 Å². The number of methoxy groups -OCH3 is 2. The van der Waals surface area contributed by atoms with Crippen molar-refractivity contribution >= 4 is 10.0 Å². The Balaban J connectivity index is 1.83. The number of aryl methyl sites for hydroxylation is 1. The van der Waals surface area contributed by atoms with Gasteiger partial charge in [0.05, 0.1) is 25.7 Å². The van der Waals surface area contributed by atoms with E-state index >= 15 is 0 Å². The fourth-order valence-corrected chi connectivity index (χ4v) is 3.82. The third-order valence-corrected chi connectivity index (χ3v) is 6.07. The Morgan fingerprint density at radius 1 is 1.07 bits per heavy atom.